The van der Waals surface area contributed by atoms with Crippen LogP contribution in [0.5, 0.6) is 0 Å². The zero-order chi connectivity index (χ0) is 17.6. The molecular formula is C19H32N2O2. The van der Waals surface area contributed by atoms with Crippen LogP contribution in [0, 0.1) is 20.8 Å². The van der Waals surface area contributed by atoms with Crippen molar-refractivity contribution in [3.63, 3.8) is 0 Å². The molecule has 1 rings (SSSR count). The van der Waals surface area contributed by atoms with Crippen molar-refractivity contribution in [3.05, 3.63) is 34.4 Å². The number of nitrogens with one attached hydrogen (secondary N) is 1. The molecule has 0 saturated heterocycles. The van der Waals surface area contributed by atoms with Crippen LogP contribution in [-0.4, -0.2) is 36.2 Å². The molecule has 1 aromatic carbocycles. The number of nitrogens with zero attached hydrogens (tertiary/aromatic N) is 1. The van der Waals surface area contributed by atoms with Gasteiger partial charge in [-0.2, -0.15) is 0 Å². The van der Waals surface area contributed by atoms with E-state index in [0.717, 1.165) is 13.1 Å². The van der Waals surface area contributed by atoms with Crippen molar-refractivity contribution in [1.29, 1.82) is 0 Å². The summed E-state index contributed by atoms with van der Waals surface area (Å²) in [6, 6.07) is 4.47. The summed E-state index contributed by atoms with van der Waals surface area (Å²) in [5.74, 6) is 0. The molecule has 1 aromatic rings. The summed E-state index contributed by atoms with van der Waals surface area (Å²) in [5, 5.41) is 3.42. The van der Waals surface area contributed by atoms with Crippen LogP contribution < -0.4 is 5.32 Å². The van der Waals surface area contributed by atoms with Crippen LogP contribution >= 0.6 is 0 Å². The lowest BCUT2D eigenvalue weighted by Gasteiger charge is -2.26. The normalized spacial score (nSPS) is 11.4. The lowest BCUT2D eigenvalue weighted by atomic mass is 10.0. The summed E-state index contributed by atoms with van der Waals surface area (Å²) in [6.45, 7) is 16.9. The number of hydrogen-bond donors (Lipinski definition) is 1. The van der Waals surface area contributed by atoms with Crippen molar-refractivity contribution in [2.75, 3.05) is 19.6 Å². The molecule has 0 spiro atoms. The van der Waals surface area contributed by atoms with Crippen molar-refractivity contribution in [1.82, 2.24) is 10.2 Å². The molecule has 0 radical (unpaired) electrons. The summed E-state index contributed by atoms with van der Waals surface area (Å²) in [4.78, 5) is 13.8. The number of rotatable bonds is 6. The van der Waals surface area contributed by atoms with Crippen molar-refractivity contribution in [2.24, 2.45) is 0 Å². The molecule has 23 heavy (non-hydrogen) atoms. The molecule has 1 N–H and O–H groups in total. The highest BCUT2D eigenvalue weighted by atomic mass is 16.6. The Morgan fingerprint density at radius 1 is 1.13 bits per heavy atom. The predicted octanol–water partition coefficient (Wildman–Crippen LogP) is 3.96. The Balaban J connectivity index is 2.47. The van der Waals surface area contributed by atoms with E-state index in [1.807, 2.05) is 27.7 Å². The zero-order valence-corrected chi connectivity index (χ0v) is 15.7. The Labute approximate surface area is 141 Å². The van der Waals surface area contributed by atoms with E-state index in [-0.39, 0.29) is 6.09 Å². The lowest BCUT2D eigenvalue weighted by molar-refractivity contribution is 0.0262. The smallest absolute Gasteiger partial charge is 0.410 e. The van der Waals surface area contributed by atoms with Gasteiger partial charge in [-0.05, 0) is 70.7 Å². The highest BCUT2D eigenvalue weighted by Crippen LogP contribution is 2.15. The second-order valence-corrected chi connectivity index (χ2v) is 7.10. The Hall–Kier alpha value is -1.55. The molecule has 1 amide bonds. The van der Waals surface area contributed by atoms with Gasteiger partial charge in [0.15, 0.2) is 0 Å². The number of carbonyl (C=O) groups is 1. The highest BCUT2D eigenvalue weighted by molar-refractivity contribution is 5.68. The minimum absolute atomic E-state index is 0.246. The van der Waals surface area contributed by atoms with E-state index in [1.165, 1.54) is 22.3 Å². The molecule has 0 saturated carbocycles. The molecular weight excluding hydrogens is 288 g/mol. The summed E-state index contributed by atoms with van der Waals surface area (Å²) in [5.41, 5.74) is 4.81. The molecule has 0 aromatic heterocycles. The van der Waals surface area contributed by atoms with Gasteiger partial charge in [0.1, 0.15) is 5.60 Å². The average molecular weight is 320 g/mol. The number of aryl methyl sites for hydroxylation is 3. The predicted molar refractivity (Wildman–Crippen MR) is 95.8 cm³/mol. The summed E-state index contributed by atoms with van der Waals surface area (Å²) in [7, 11) is 0. The van der Waals surface area contributed by atoms with Gasteiger partial charge in [0.25, 0.3) is 0 Å². The number of ether oxygens (including phenoxy) is 1. The van der Waals surface area contributed by atoms with E-state index in [0.29, 0.717) is 13.1 Å². The molecule has 0 aliphatic carbocycles. The Bertz CT molecular complexity index is 533. The van der Waals surface area contributed by atoms with E-state index >= 15 is 0 Å². The van der Waals surface area contributed by atoms with Gasteiger partial charge in [-0.1, -0.05) is 12.1 Å². The monoisotopic (exact) mass is 320 g/mol. The van der Waals surface area contributed by atoms with Crippen LogP contribution in [0.15, 0.2) is 12.1 Å². The molecule has 0 aliphatic heterocycles. The third kappa shape index (κ3) is 6.61. The SMILES string of the molecule is CCN(CCNCc1cc(C)c(C)cc1C)C(=O)OC(C)(C)C. The average Bonchev–Trinajstić information content (AvgIpc) is 2.42. The van der Waals surface area contributed by atoms with Crippen molar-refractivity contribution >= 4 is 6.09 Å². The van der Waals surface area contributed by atoms with Gasteiger partial charge in [-0.25, -0.2) is 4.79 Å². The van der Waals surface area contributed by atoms with Gasteiger partial charge in [-0.15, -0.1) is 0 Å². The first-order valence-corrected chi connectivity index (χ1v) is 8.39. The highest BCUT2D eigenvalue weighted by Gasteiger charge is 2.20. The topological polar surface area (TPSA) is 41.6 Å². The number of hydrogen-bond acceptors (Lipinski definition) is 3. The molecule has 0 atom stereocenters. The van der Waals surface area contributed by atoms with Crippen LogP contribution in [0.3, 0.4) is 0 Å². The van der Waals surface area contributed by atoms with E-state index in [4.69, 9.17) is 4.74 Å². The van der Waals surface area contributed by atoms with E-state index in [1.54, 1.807) is 4.90 Å². The van der Waals surface area contributed by atoms with E-state index < -0.39 is 5.60 Å². The largest absolute Gasteiger partial charge is 0.444 e. The quantitative estimate of drug-likeness (QED) is 0.807. The first kappa shape index (κ1) is 19.5. The number of carbonyl (C=O) groups excluding carboxylic acids is 1. The zero-order valence-electron chi connectivity index (χ0n) is 15.7. The van der Waals surface area contributed by atoms with Crippen molar-refractivity contribution in [3.8, 4) is 0 Å². The lowest BCUT2D eigenvalue weighted by Crippen LogP contribution is -2.40. The summed E-state index contributed by atoms with van der Waals surface area (Å²) >= 11 is 0. The van der Waals surface area contributed by atoms with Crippen molar-refractivity contribution in [2.45, 2.75) is 60.6 Å². The molecule has 130 valence electrons. The maximum Gasteiger partial charge on any atom is 0.410 e. The van der Waals surface area contributed by atoms with Crippen LogP contribution in [0.4, 0.5) is 4.79 Å². The van der Waals surface area contributed by atoms with Crippen LogP contribution in [0.2, 0.25) is 0 Å². The first-order chi connectivity index (χ1) is 10.6. The number of likely N-dealkylation sites (N-methyl/N-ethyl adjacent to an activating group) is 1. The third-order valence-electron chi connectivity index (χ3n) is 3.86. The van der Waals surface area contributed by atoms with Gasteiger partial charge in [0, 0.05) is 26.2 Å². The van der Waals surface area contributed by atoms with Crippen LogP contribution in [0.25, 0.3) is 0 Å². The fourth-order valence-corrected chi connectivity index (χ4v) is 2.35. The fraction of sp³-hybridized carbons (Fsp3) is 0.632. The minimum atomic E-state index is -0.450. The van der Waals surface area contributed by atoms with Gasteiger partial charge in [0.2, 0.25) is 0 Å². The summed E-state index contributed by atoms with van der Waals surface area (Å²) in [6.07, 6.45) is -0.246. The molecule has 0 unspecified atom stereocenters. The third-order valence-corrected chi connectivity index (χ3v) is 3.86. The second kappa shape index (κ2) is 8.34. The van der Waals surface area contributed by atoms with Gasteiger partial charge in [-0.3, -0.25) is 0 Å². The molecule has 0 fully saturated rings. The molecule has 0 bridgehead atoms. The standard InChI is InChI=1S/C19H32N2O2/c1-8-21(18(22)23-19(5,6)7)10-9-20-13-17-12-15(3)14(2)11-16(17)4/h11-12,20H,8-10,13H2,1-7H3. The number of benzene rings is 1. The van der Waals surface area contributed by atoms with E-state index in [2.05, 4.69) is 38.2 Å². The van der Waals surface area contributed by atoms with Gasteiger partial charge in [0.05, 0.1) is 0 Å². The number of amides is 1. The first-order valence-electron chi connectivity index (χ1n) is 8.39. The van der Waals surface area contributed by atoms with Crippen molar-refractivity contribution < 1.29 is 9.53 Å². The van der Waals surface area contributed by atoms with E-state index in [9.17, 15) is 4.79 Å². The maximum absolute atomic E-state index is 12.1. The second-order valence-electron chi connectivity index (χ2n) is 7.10. The fourth-order valence-electron chi connectivity index (χ4n) is 2.35. The summed E-state index contributed by atoms with van der Waals surface area (Å²) < 4.78 is 5.41. The molecule has 4 heteroatoms. The van der Waals surface area contributed by atoms with Crippen LogP contribution in [-0.2, 0) is 11.3 Å². The maximum atomic E-state index is 12.1. The Morgan fingerprint density at radius 2 is 1.74 bits per heavy atom. The molecule has 0 aliphatic rings. The van der Waals surface area contributed by atoms with Gasteiger partial charge >= 0.3 is 6.09 Å². The Morgan fingerprint density at radius 3 is 2.30 bits per heavy atom. The molecule has 0 heterocycles. The molecule has 4 nitrogen and oxygen atoms in total. The van der Waals surface area contributed by atoms with Gasteiger partial charge < -0.3 is 15.0 Å². The Kier molecular flexibility index (Phi) is 7.07. The van der Waals surface area contributed by atoms with Crippen LogP contribution in [0.1, 0.15) is 49.9 Å². The minimum Gasteiger partial charge on any atom is -0.444 e.